The lowest BCUT2D eigenvalue weighted by molar-refractivity contribution is -0.124. The Kier molecular flexibility index (Phi) is 7.13. The predicted octanol–water partition coefficient (Wildman–Crippen LogP) is 7.32. The second-order valence-corrected chi connectivity index (χ2v) is 12.3. The Hall–Kier alpha value is -3.83. The van der Waals surface area contributed by atoms with Crippen molar-refractivity contribution in [2.75, 3.05) is 6.54 Å². The predicted molar refractivity (Wildman–Crippen MR) is 161 cm³/mol. The van der Waals surface area contributed by atoms with E-state index in [4.69, 9.17) is 11.6 Å². The van der Waals surface area contributed by atoms with Crippen molar-refractivity contribution in [2.24, 2.45) is 5.41 Å². The van der Waals surface area contributed by atoms with Crippen LogP contribution in [0.2, 0.25) is 5.02 Å². The smallest absolute Gasteiger partial charge is 0.216 e. The van der Waals surface area contributed by atoms with Crippen molar-refractivity contribution >= 4 is 34.2 Å². The van der Waals surface area contributed by atoms with E-state index in [-0.39, 0.29) is 22.9 Å². The molecule has 0 saturated carbocycles. The minimum absolute atomic E-state index is 0.0679. The van der Waals surface area contributed by atoms with Crippen LogP contribution in [0.1, 0.15) is 61.6 Å². The summed E-state index contributed by atoms with van der Waals surface area (Å²) in [5.74, 6) is -0.596. The second kappa shape index (κ2) is 10.3. The summed E-state index contributed by atoms with van der Waals surface area (Å²) in [6.45, 7) is 10.1. The molecule has 2 atom stereocenters. The number of Topliss-reactive ketones (excluding diaryl/α,β-unsaturated/α-hetero) is 1. The number of H-pyrrole nitrogens is 1. The number of carbonyl (C=O) groups excluding carboxylic acids is 2. The zero-order valence-corrected chi connectivity index (χ0v) is 24.3. The number of amides is 1. The molecular formula is C34H35ClN2O3. The summed E-state index contributed by atoms with van der Waals surface area (Å²) in [4.78, 5) is 29.5. The first kappa shape index (κ1) is 27.7. The second-order valence-electron chi connectivity index (χ2n) is 11.9. The highest BCUT2D eigenvalue weighted by molar-refractivity contribution is 6.30. The molecule has 3 aromatic carbocycles. The van der Waals surface area contributed by atoms with Gasteiger partial charge in [-0.05, 0) is 66.1 Å². The first-order valence-electron chi connectivity index (χ1n) is 13.6. The van der Waals surface area contributed by atoms with Crippen LogP contribution < -0.4 is 5.32 Å². The SMILES string of the molecule is CC(=O)NCC(C)(C)Cc1c(C(C2=C(O)C(C)(c3ccc(Cl)cc3)C2=O)c2ccccc2)[nH]c2cc(C)ccc12. The van der Waals surface area contributed by atoms with Crippen molar-refractivity contribution in [1.29, 1.82) is 0 Å². The monoisotopic (exact) mass is 554 g/mol. The molecule has 0 fully saturated rings. The fourth-order valence-electron chi connectivity index (χ4n) is 5.87. The van der Waals surface area contributed by atoms with Gasteiger partial charge in [-0.2, -0.15) is 0 Å². The maximum atomic E-state index is 14.1. The van der Waals surface area contributed by atoms with Gasteiger partial charge in [0.05, 0.1) is 5.92 Å². The van der Waals surface area contributed by atoms with Crippen molar-refractivity contribution in [3.63, 3.8) is 0 Å². The molecule has 40 heavy (non-hydrogen) atoms. The van der Waals surface area contributed by atoms with E-state index < -0.39 is 11.3 Å². The first-order valence-corrected chi connectivity index (χ1v) is 13.9. The lowest BCUT2D eigenvalue weighted by atomic mass is 9.60. The van der Waals surface area contributed by atoms with Crippen LogP contribution in [-0.2, 0) is 21.4 Å². The van der Waals surface area contributed by atoms with E-state index in [1.807, 2.05) is 30.3 Å². The Bertz CT molecular complexity index is 1630. The Morgan fingerprint density at radius 2 is 1.75 bits per heavy atom. The zero-order valence-electron chi connectivity index (χ0n) is 23.6. The number of nitrogens with one attached hydrogen (secondary N) is 2. The molecule has 4 aromatic rings. The van der Waals surface area contributed by atoms with Crippen LogP contribution >= 0.6 is 11.6 Å². The average molecular weight is 555 g/mol. The molecule has 5 nitrogen and oxygen atoms in total. The Morgan fingerprint density at radius 1 is 1.07 bits per heavy atom. The van der Waals surface area contributed by atoms with Gasteiger partial charge in [0.25, 0.3) is 0 Å². The van der Waals surface area contributed by atoms with E-state index in [2.05, 4.69) is 49.3 Å². The average Bonchev–Trinajstić information content (AvgIpc) is 3.26. The van der Waals surface area contributed by atoms with Crippen LogP contribution in [-0.4, -0.2) is 28.3 Å². The van der Waals surface area contributed by atoms with Crippen molar-refractivity contribution in [3.8, 4) is 0 Å². The van der Waals surface area contributed by atoms with E-state index in [1.54, 1.807) is 31.2 Å². The lowest BCUT2D eigenvalue weighted by Crippen LogP contribution is -2.48. The quantitative estimate of drug-likeness (QED) is 0.213. The third-order valence-electron chi connectivity index (χ3n) is 8.13. The molecule has 2 unspecified atom stereocenters. The molecule has 0 radical (unpaired) electrons. The molecule has 1 aliphatic rings. The summed E-state index contributed by atoms with van der Waals surface area (Å²) < 4.78 is 0. The number of aryl methyl sites for hydroxylation is 1. The number of fused-ring (bicyclic) bond motifs is 1. The van der Waals surface area contributed by atoms with Gasteiger partial charge in [-0.1, -0.05) is 80.0 Å². The number of aliphatic hydroxyl groups excluding tert-OH is 1. The molecule has 0 aliphatic heterocycles. The van der Waals surface area contributed by atoms with Crippen molar-refractivity contribution in [3.05, 3.63) is 117 Å². The molecule has 0 spiro atoms. The molecule has 1 heterocycles. The number of aliphatic hydroxyl groups is 1. The van der Waals surface area contributed by atoms with E-state index in [1.165, 1.54) is 6.92 Å². The standard InChI is InChI=1S/C34H35ClN2O3/c1-20-11-16-25-26(18-33(3,4)19-36-21(2)38)30(37-27(25)17-20)28(22-9-7-6-8-10-22)29-31(39)34(5,32(29)40)23-12-14-24(35)15-13-23/h6-17,28,37,39H,18-19H2,1-5H3,(H,36,38). The summed E-state index contributed by atoms with van der Waals surface area (Å²) in [6, 6.07) is 23.2. The van der Waals surface area contributed by atoms with Crippen molar-refractivity contribution < 1.29 is 14.7 Å². The molecule has 6 heteroatoms. The summed E-state index contributed by atoms with van der Waals surface area (Å²) in [6.07, 6.45) is 0.658. The van der Waals surface area contributed by atoms with Gasteiger partial charge in [0.1, 0.15) is 11.2 Å². The van der Waals surface area contributed by atoms with Gasteiger partial charge in [0.2, 0.25) is 5.91 Å². The van der Waals surface area contributed by atoms with Crippen molar-refractivity contribution in [2.45, 2.75) is 52.4 Å². The highest BCUT2D eigenvalue weighted by atomic mass is 35.5. The Balaban J connectivity index is 1.71. The molecule has 1 amide bonds. The van der Waals surface area contributed by atoms with Crippen LogP contribution in [0.3, 0.4) is 0 Å². The summed E-state index contributed by atoms with van der Waals surface area (Å²) in [5.41, 5.74) is 4.68. The normalized spacial score (nSPS) is 18.1. The van der Waals surface area contributed by atoms with E-state index >= 15 is 0 Å². The van der Waals surface area contributed by atoms with Gasteiger partial charge in [0.15, 0.2) is 5.78 Å². The minimum Gasteiger partial charge on any atom is -0.510 e. The number of hydrogen-bond acceptors (Lipinski definition) is 3. The van der Waals surface area contributed by atoms with E-state index in [0.717, 1.165) is 33.3 Å². The Morgan fingerprint density at radius 3 is 2.38 bits per heavy atom. The molecule has 206 valence electrons. The van der Waals surface area contributed by atoms with Crippen LogP contribution in [0.5, 0.6) is 0 Å². The van der Waals surface area contributed by atoms with Gasteiger partial charge in [-0.25, -0.2) is 0 Å². The molecule has 1 aliphatic carbocycles. The largest absolute Gasteiger partial charge is 0.510 e. The highest BCUT2D eigenvalue weighted by Crippen LogP contribution is 2.52. The number of halogens is 1. The minimum atomic E-state index is -1.14. The fraction of sp³-hybridized carbons (Fsp3) is 0.294. The van der Waals surface area contributed by atoms with Gasteiger partial charge in [0, 0.05) is 40.7 Å². The molecular weight excluding hydrogens is 520 g/mol. The van der Waals surface area contributed by atoms with Crippen LogP contribution in [0.25, 0.3) is 10.9 Å². The summed E-state index contributed by atoms with van der Waals surface area (Å²) in [7, 11) is 0. The number of aromatic amines is 1. The first-order chi connectivity index (χ1) is 18.9. The molecule has 0 bridgehead atoms. The van der Waals surface area contributed by atoms with Gasteiger partial charge < -0.3 is 15.4 Å². The van der Waals surface area contributed by atoms with Crippen molar-refractivity contribution in [1.82, 2.24) is 10.3 Å². The van der Waals surface area contributed by atoms with E-state index in [0.29, 0.717) is 29.1 Å². The number of allylic oxidation sites excluding steroid dienone is 2. The number of ketones is 1. The lowest BCUT2D eigenvalue weighted by Gasteiger charge is -2.41. The zero-order chi connectivity index (χ0) is 28.8. The van der Waals surface area contributed by atoms with E-state index in [9.17, 15) is 14.7 Å². The van der Waals surface area contributed by atoms with Gasteiger partial charge in [-0.3, -0.25) is 9.59 Å². The number of benzene rings is 3. The third kappa shape index (κ3) is 4.84. The number of hydrogen-bond donors (Lipinski definition) is 3. The van der Waals surface area contributed by atoms with Gasteiger partial charge >= 0.3 is 0 Å². The summed E-state index contributed by atoms with van der Waals surface area (Å²) in [5, 5.41) is 16.3. The van der Waals surface area contributed by atoms with Gasteiger partial charge in [-0.15, -0.1) is 0 Å². The van der Waals surface area contributed by atoms with Crippen LogP contribution in [0.4, 0.5) is 0 Å². The summed E-state index contributed by atoms with van der Waals surface area (Å²) >= 11 is 6.11. The maximum Gasteiger partial charge on any atom is 0.216 e. The number of carbonyl (C=O) groups is 2. The number of aromatic nitrogens is 1. The molecule has 3 N–H and O–H groups in total. The maximum absolute atomic E-state index is 14.1. The van der Waals surface area contributed by atoms with Crippen LogP contribution in [0.15, 0.2) is 84.1 Å². The van der Waals surface area contributed by atoms with Crippen LogP contribution in [0, 0.1) is 12.3 Å². The highest BCUT2D eigenvalue weighted by Gasteiger charge is 2.55. The molecule has 1 aromatic heterocycles. The topological polar surface area (TPSA) is 82.2 Å². The molecule has 0 saturated heterocycles. The Labute approximate surface area is 240 Å². The fourth-order valence-corrected chi connectivity index (χ4v) is 5.99. The molecule has 5 rings (SSSR count). The third-order valence-corrected chi connectivity index (χ3v) is 8.38. The number of rotatable bonds is 8.